The molecule has 0 radical (unpaired) electrons. The van der Waals surface area contributed by atoms with Gasteiger partial charge in [-0.1, -0.05) is 175 Å². The van der Waals surface area contributed by atoms with Crippen molar-refractivity contribution in [3.8, 4) is 0 Å². The Kier molecular flexibility index (Phi) is 30.7. The summed E-state index contributed by atoms with van der Waals surface area (Å²) in [5.74, 6) is -1.21. The first-order valence-corrected chi connectivity index (χ1v) is 27.9. The van der Waals surface area contributed by atoms with E-state index in [4.69, 9.17) is 18.9 Å². The largest absolute Gasteiger partial charge is 0.496 e. The number of esters is 2. The van der Waals surface area contributed by atoms with Gasteiger partial charge in [0.2, 0.25) is 0 Å². The highest BCUT2D eigenvalue weighted by atomic mass is 79.9. The number of methoxy groups -OCH3 is 1. The Morgan fingerprint density at radius 3 is 2.08 bits per heavy atom. The Hall–Kier alpha value is -2.88. The smallest absolute Gasteiger partial charge is 0.331 e. The Labute approximate surface area is 442 Å². The van der Waals surface area contributed by atoms with Gasteiger partial charge < -0.3 is 49.6 Å². The molecule has 0 aromatic heterocycles. The second-order valence-corrected chi connectivity index (χ2v) is 22.4. The van der Waals surface area contributed by atoms with E-state index in [-0.39, 0.29) is 38.1 Å². The van der Waals surface area contributed by atoms with Gasteiger partial charge in [-0.3, -0.25) is 4.79 Å². The van der Waals surface area contributed by atoms with Gasteiger partial charge in [-0.05, 0) is 70.9 Å². The third kappa shape index (κ3) is 23.8. The molecule has 0 spiro atoms. The van der Waals surface area contributed by atoms with Crippen molar-refractivity contribution in [2.75, 3.05) is 7.11 Å². The molecule has 11 atom stereocenters. The van der Waals surface area contributed by atoms with Crippen molar-refractivity contribution in [3.63, 3.8) is 0 Å². The summed E-state index contributed by atoms with van der Waals surface area (Å²) in [6.07, 6.45) is 17.6. The first kappa shape index (κ1) is 65.2. The molecule has 2 aliphatic heterocycles. The predicted molar refractivity (Wildman–Crippen MR) is 292 cm³/mol. The van der Waals surface area contributed by atoms with Gasteiger partial charge in [-0.2, -0.15) is 0 Å². The van der Waals surface area contributed by atoms with Crippen LogP contribution in [-0.2, 0) is 28.5 Å². The number of hydrogen-bond donors (Lipinski definition) is 6. The molecule has 2 aliphatic rings. The average Bonchev–Trinajstić information content (AvgIpc) is 3.61. The zero-order valence-corrected chi connectivity index (χ0v) is 47.3. The molecule has 1 saturated heterocycles. The highest BCUT2D eigenvalue weighted by Gasteiger charge is 2.51. The van der Waals surface area contributed by atoms with Gasteiger partial charge in [-0.25, -0.2) is 4.79 Å². The van der Waals surface area contributed by atoms with E-state index in [0.717, 1.165) is 30.4 Å². The number of carbonyl (C=O) groups is 2. The van der Waals surface area contributed by atoms with Gasteiger partial charge in [0.25, 0.3) is 0 Å². The molecule has 0 aromatic carbocycles. The normalized spacial score (nSPS) is 25.2. The Morgan fingerprint density at radius 1 is 0.917 bits per heavy atom. The summed E-state index contributed by atoms with van der Waals surface area (Å²) in [5, 5.41) is 68.3. The highest BCUT2D eigenvalue weighted by molar-refractivity contribution is 9.11. The van der Waals surface area contributed by atoms with Crippen molar-refractivity contribution in [2.45, 2.75) is 257 Å². The lowest BCUT2D eigenvalue weighted by Gasteiger charge is -2.38. The summed E-state index contributed by atoms with van der Waals surface area (Å²) in [6.45, 7) is 22.7. The molecule has 2 heterocycles. The van der Waals surface area contributed by atoms with Crippen LogP contribution in [0.3, 0.4) is 0 Å². The number of halogens is 1. The van der Waals surface area contributed by atoms with Gasteiger partial charge in [-0.15, -0.1) is 0 Å². The SMILES string of the molecule is C=C1/C=C(/C)C[C@H]2C[C@@H](OC(=O)/C=C(/C)C=CC[C@@H](O)C1)[C@@](C)([C@H](O)/C=C(\C)C[C@@H](O)C(C)(C)[C@@H](O)C[C@@H](O)[C@@H](C)[C@@H](O)C[C@H](CC(=C)/C(=C\Br)OC)OC(=O)CCCCCCCCCCCCCCC)O2. The minimum Gasteiger partial charge on any atom is -0.496 e. The number of aliphatic hydroxyl groups is 6. The number of fused-ring (bicyclic) bond motifs is 2. The number of ether oxygens (including phenoxy) is 4. The number of allylic oxidation sites excluding steroid dienone is 4. The van der Waals surface area contributed by atoms with E-state index in [1.807, 2.05) is 13.0 Å². The molecular formula is C59H97BrO12. The summed E-state index contributed by atoms with van der Waals surface area (Å²) in [5.41, 5.74) is 1.08. The monoisotopic (exact) mass is 1080 g/mol. The maximum absolute atomic E-state index is 13.1. The quantitative estimate of drug-likeness (QED) is 0.0127. The molecule has 0 aliphatic carbocycles. The molecule has 412 valence electrons. The van der Waals surface area contributed by atoms with E-state index < -0.39 is 77.8 Å². The molecule has 1 fully saturated rings. The molecule has 2 bridgehead atoms. The van der Waals surface area contributed by atoms with Crippen LogP contribution < -0.4 is 0 Å². The van der Waals surface area contributed by atoms with E-state index in [1.165, 1.54) is 71.0 Å². The Morgan fingerprint density at radius 2 is 1.50 bits per heavy atom. The maximum atomic E-state index is 13.1. The van der Waals surface area contributed by atoms with Gasteiger partial charge in [0, 0.05) is 54.5 Å². The summed E-state index contributed by atoms with van der Waals surface area (Å²) in [6, 6.07) is 0. The molecule has 0 amide bonds. The second-order valence-electron chi connectivity index (χ2n) is 21.9. The van der Waals surface area contributed by atoms with Crippen molar-refractivity contribution >= 4 is 27.9 Å². The van der Waals surface area contributed by atoms with E-state index in [1.54, 1.807) is 64.8 Å². The standard InChI is InChI=1S/C59H97BrO12/c1-12-13-14-15-16-17-18-19-20-21-22-23-24-28-56(67)70-47(35-44(6)51(39-60)69-11)36-49(62)45(7)50(63)38-53(65)58(8,9)52(64)32-43(5)33-54(66)59(10)55-37-48(72-59)31-42(4)29-41(3)30-46(61)27-25-26-40(2)34-57(68)71-55/h25-26,29,33-34,39,45-50,52-55,61-66H,3,6,12-24,27-28,30-32,35-38H2,1-2,4-5,7-11H3/b26-25?,40-34-,42-29-,43-33+,51-39+/t45-,46+,47-,48-,49-,50+,52+,53-,54+,55+,59+/m0/s1. The van der Waals surface area contributed by atoms with Crippen LogP contribution in [0.2, 0.25) is 0 Å². The second kappa shape index (κ2) is 33.9. The van der Waals surface area contributed by atoms with Gasteiger partial charge >= 0.3 is 11.9 Å². The fraction of sp³-hybridized carbons (Fsp3) is 0.729. The highest BCUT2D eigenvalue weighted by Crippen LogP contribution is 2.40. The van der Waals surface area contributed by atoms with E-state index in [2.05, 4.69) is 36.0 Å². The van der Waals surface area contributed by atoms with Crippen LogP contribution in [0, 0.1) is 11.3 Å². The predicted octanol–water partition coefficient (Wildman–Crippen LogP) is 11.8. The van der Waals surface area contributed by atoms with Gasteiger partial charge in [0.1, 0.15) is 29.7 Å². The molecule has 6 N–H and O–H groups in total. The fourth-order valence-corrected chi connectivity index (χ4v) is 10.2. The number of carbonyl (C=O) groups excluding carboxylic acids is 2. The molecule has 12 nitrogen and oxygen atoms in total. The lowest BCUT2D eigenvalue weighted by molar-refractivity contribution is -0.163. The molecule has 72 heavy (non-hydrogen) atoms. The molecule has 0 saturated carbocycles. The maximum Gasteiger partial charge on any atom is 0.331 e. The van der Waals surface area contributed by atoms with Crippen LogP contribution in [0.5, 0.6) is 0 Å². The van der Waals surface area contributed by atoms with Crippen molar-refractivity contribution in [1.82, 2.24) is 0 Å². The lowest BCUT2D eigenvalue weighted by atomic mass is 9.75. The van der Waals surface area contributed by atoms with Crippen LogP contribution >= 0.6 is 15.9 Å². The van der Waals surface area contributed by atoms with Crippen LogP contribution in [0.1, 0.15) is 197 Å². The topological polar surface area (TPSA) is 192 Å². The number of aliphatic hydroxyl groups excluding tert-OH is 6. The molecule has 13 heteroatoms. The van der Waals surface area contributed by atoms with Gasteiger partial charge in [0.15, 0.2) is 0 Å². The first-order chi connectivity index (χ1) is 34.0. The summed E-state index contributed by atoms with van der Waals surface area (Å²) in [7, 11) is 1.51. The van der Waals surface area contributed by atoms with Gasteiger partial charge in [0.05, 0.1) is 43.7 Å². The zero-order chi connectivity index (χ0) is 54.0. The van der Waals surface area contributed by atoms with E-state index >= 15 is 0 Å². The minimum atomic E-state index is -1.34. The zero-order valence-electron chi connectivity index (χ0n) is 45.7. The first-order valence-electron chi connectivity index (χ1n) is 27.0. The summed E-state index contributed by atoms with van der Waals surface area (Å²) >= 11 is 3.29. The van der Waals surface area contributed by atoms with E-state index in [9.17, 15) is 40.2 Å². The third-order valence-electron chi connectivity index (χ3n) is 14.8. The van der Waals surface area contributed by atoms with Crippen LogP contribution in [0.4, 0.5) is 0 Å². The Balaban J connectivity index is 2.06. The van der Waals surface area contributed by atoms with Crippen molar-refractivity contribution in [2.24, 2.45) is 11.3 Å². The lowest BCUT2D eigenvalue weighted by Crippen LogP contribution is -2.48. The molecule has 0 unspecified atom stereocenters. The van der Waals surface area contributed by atoms with Crippen LogP contribution in [0.15, 0.2) is 82.1 Å². The summed E-state index contributed by atoms with van der Waals surface area (Å²) in [4.78, 5) is 27.9. The fourth-order valence-electron chi connectivity index (χ4n) is 9.66. The molecular weight excluding hydrogens is 981 g/mol. The molecule has 2 rings (SSSR count). The third-order valence-corrected chi connectivity index (χ3v) is 15.2. The van der Waals surface area contributed by atoms with Crippen LogP contribution in [0.25, 0.3) is 0 Å². The number of hydrogen-bond acceptors (Lipinski definition) is 12. The average molecular weight is 1080 g/mol. The van der Waals surface area contributed by atoms with Crippen molar-refractivity contribution in [3.05, 3.63) is 82.1 Å². The van der Waals surface area contributed by atoms with Crippen LogP contribution in [-0.4, -0.2) is 110 Å². The Bertz CT molecular complexity index is 1820. The summed E-state index contributed by atoms with van der Waals surface area (Å²) < 4.78 is 23.8. The number of unbranched alkanes of at least 4 members (excludes halogenated alkanes) is 12. The molecule has 0 aromatic rings. The number of rotatable bonds is 31. The van der Waals surface area contributed by atoms with Crippen molar-refractivity contribution < 1.29 is 59.2 Å². The minimum absolute atomic E-state index is 0.0174. The van der Waals surface area contributed by atoms with Crippen molar-refractivity contribution in [1.29, 1.82) is 0 Å². The van der Waals surface area contributed by atoms with E-state index in [0.29, 0.717) is 54.6 Å².